The number of nitrogens with zero attached hydrogens (tertiary/aromatic N) is 2. The zero-order valence-corrected chi connectivity index (χ0v) is 16.6. The first-order valence-electron chi connectivity index (χ1n) is 9.16. The van der Waals surface area contributed by atoms with Crippen molar-refractivity contribution in [3.63, 3.8) is 0 Å². The number of benzene rings is 1. The van der Waals surface area contributed by atoms with Crippen molar-refractivity contribution < 1.29 is 9.59 Å². The van der Waals surface area contributed by atoms with Crippen molar-refractivity contribution in [1.82, 2.24) is 20.2 Å². The van der Waals surface area contributed by atoms with Crippen LogP contribution in [0.1, 0.15) is 32.6 Å². The van der Waals surface area contributed by atoms with E-state index < -0.39 is 0 Å². The van der Waals surface area contributed by atoms with Crippen LogP contribution in [-0.2, 0) is 16.1 Å². The van der Waals surface area contributed by atoms with Crippen molar-refractivity contribution in [2.75, 3.05) is 19.3 Å². The summed E-state index contributed by atoms with van der Waals surface area (Å²) in [5, 5.41) is 6.11. The molecule has 0 saturated heterocycles. The fourth-order valence-electron chi connectivity index (χ4n) is 2.60. The molecule has 1 aromatic heterocycles. The largest absolute Gasteiger partial charge is 0.358 e. The van der Waals surface area contributed by atoms with Gasteiger partial charge in [0.15, 0.2) is 5.16 Å². The van der Waals surface area contributed by atoms with Crippen molar-refractivity contribution in [2.45, 2.75) is 44.3 Å². The molecule has 1 heterocycles. The van der Waals surface area contributed by atoms with Crippen LogP contribution in [0.25, 0.3) is 10.9 Å². The number of carbonyl (C=O) groups is 2. The molecule has 0 aliphatic heterocycles. The highest BCUT2D eigenvalue weighted by atomic mass is 32.2. The van der Waals surface area contributed by atoms with E-state index in [0.29, 0.717) is 22.6 Å². The van der Waals surface area contributed by atoms with E-state index in [0.717, 1.165) is 25.7 Å². The minimum Gasteiger partial charge on any atom is -0.358 e. The number of hydrogen-bond acceptors (Lipinski definition) is 5. The van der Waals surface area contributed by atoms with Crippen molar-refractivity contribution in [1.29, 1.82) is 0 Å². The van der Waals surface area contributed by atoms with E-state index in [2.05, 4.69) is 22.5 Å². The number of nitrogens with one attached hydrogen (secondary N) is 2. The van der Waals surface area contributed by atoms with Crippen LogP contribution in [0.2, 0.25) is 0 Å². The number of hydrogen-bond donors (Lipinski definition) is 2. The molecule has 27 heavy (non-hydrogen) atoms. The third-order valence-electron chi connectivity index (χ3n) is 4.12. The first kappa shape index (κ1) is 21.0. The predicted molar refractivity (Wildman–Crippen MR) is 108 cm³/mol. The molecule has 7 nitrogen and oxygen atoms in total. The molecule has 1 aromatic carbocycles. The minimum absolute atomic E-state index is 0.0646. The average molecular weight is 391 g/mol. The summed E-state index contributed by atoms with van der Waals surface area (Å²) in [6, 6.07) is 7.24. The smallest absolute Gasteiger partial charge is 0.262 e. The van der Waals surface area contributed by atoms with Crippen LogP contribution >= 0.6 is 11.8 Å². The molecule has 2 amide bonds. The number of unbranched alkanes of at least 4 members (excludes halogenated alkanes) is 3. The van der Waals surface area contributed by atoms with Gasteiger partial charge in [-0.3, -0.25) is 19.0 Å². The molecule has 0 bridgehead atoms. The summed E-state index contributed by atoms with van der Waals surface area (Å²) in [4.78, 5) is 40.6. The van der Waals surface area contributed by atoms with Crippen molar-refractivity contribution in [2.24, 2.45) is 0 Å². The van der Waals surface area contributed by atoms with Gasteiger partial charge >= 0.3 is 0 Å². The summed E-state index contributed by atoms with van der Waals surface area (Å²) in [6.45, 7) is 2.66. The molecule has 0 atom stereocenters. The summed E-state index contributed by atoms with van der Waals surface area (Å²) in [7, 11) is 1.51. The van der Waals surface area contributed by atoms with E-state index in [1.54, 1.807) is 16.7 Å². The number of para-hydroxylation sites is 1. The van der Waals surface area contributed by atoms with Crippen LogP contribution in [-0.4, -0.2) is 40.7 Å². The van der Waals surface area contributed by atoms with Gasteiger partial charge in [-0.2, -0.15) is 0 Å². The third-order valence-corrected chi connectivity index (χ3v) is 5.10. The molecule has 8 heteroatoms. The van der Waals surface area contributed by atoms with E-state index >= 15 is 0 Å². The average Bonchev–Trinajstić information content (AvgIpc) is 2.69. The van der Waals surface area contributed by atoms with Gasteiger partial charge < -0.3 is 10.6 Å². The molecular weight excluding hydrogens is 364 g/mol. The van der Waals surface area contributed by atoms with Crippen LogP contribution in [0, 0.1) is 0 Å². The maximum atomic E-state index is 12.9. The normalized spacial score (nSPS) is 10.7. The molecule has 2 rings (SSSR count). The maximum absolute atomic E-state index is 12.9. The summed E-state index contributed by atoms with van der Waals surface area (Å²) < 4.78 is 1.66. The van der Waals surface area contributed by atoms with Crippen LogP contribution in [0.5, 0.6) is 0 Å². The van der Waals surface area contributed by atoms with Crippen LogP contribution in [0.15, 0.2) is 34.2 Å². The van der Waals surface area contributed by atoms with Gasteiger partial charge in [-0.05, 0) is 18.6 Å². The topological polar surface area (TPSA) is 93.1 Å². The van der Waals surface area contributed by atoms with Gasteiger partial charge in [0.05, 0.1) is 23.2 Å². The zero-order valence-electron chi connectivity index (χ0n) is 15.8. The quantitative estimate of drug-likeness (QED) is 0.367. The molecule has 146 valence electrons. The lowest BCUT2D eigenvalue weighted by molar-refractivity contribution is -0.124. The van der Waals surface area contributed by atoms with E-state index in [1.165, 1.54) is 18.8 Å². The SMILES string of the molecule is CCCCCCn1c(SCC(=O)NCC(=O)NC)nc2ccccc2c1=O. The van der Waals surface area contributed by atoms with Crippen LogP contribution in [0.3, 0.4) is 0 Å². The number of fused-ring (bicyclic) bond motifs is 1. The summed E-state index contributed by atoms with van der Waals surface area (Å²) >= 11 is 1.22. The van der Waals surface area contributed by atoms with Gasteiger partial charge in [0.25, 0.3) is 5.56 Å². The number of thioether (sulfide) groups is 1. The Kier molecular flexibility index (Phi) is 8.32. The van der Waals surface area contributed by atoms with E-state index in [-0.39, 0.29) is 29.7 Å². The fraction of sp³-hybridized carbons (Fsp3) is 0.474. The molecular formula is C19H26N4O3S. The Morgan fingerprint density at radius 1 is 1.15 bits per heavy atom. The lowest BCUT2D eigenvalue weighted by Crippen LogP contribution is -2.36. The van der Waals surface area contributed by atoms with Gasteiger partial charge in [-0.15, -0.1) is 0 Å². The van der Waals surface area contributed by atoms with E-state index in [4.69, 9.17) is 0 Å². The number of carbonyl (C=O) groups excluding carboxylic acids is 2. The van der Waals surface area contributed by atoms with E-state index in [9.17, 15) is 14.4 Å². The van der Waals surface area contributed by atoms with Crippen molar-refractivity contribution >= 4 is 34.5 Å². The second-order valence-electron chi connectivity index (χ2n) is 6.17. The summed E-state index contributed by atoms with van der Waals surface area (Å²) in [6.07, 6.45) is 4.19. The van der Waals surface area contributed by atoms with Crippen molar-refractivity contribution in [3.8, 4) is 0 Å². The predicted octanol–water partition coefficient (Wildman–Crippen LogP) is 1.93. The second kappa shape index (κ2) is 10.7. The molecule has 0 radical (unpaired) electrons. The zero-order chi connectivity index (χ0) is 19.6. The summed E-state index contributed by atoms with van der Waals surface area (Å²) in [5.74, 6) is -0.440. The number of amides is 2. The molecule has 2 aromatic rings. The first-order valence-corrected chi connectivity index (χ1v) is 10.1. The highest BCUT2D eigenvalue weighted by molar-refractivity contribution is 7.99. The van der Waals surface area contributed by atoms with Crippen LogP contribution < -0.4 is 16.2 Å². The summed E-state index contributed by atoms with van der Waals surface area (Å²) in [5.41, 5.74) is 0.547. The first-order chi connectivity index (χ1) is 13.1. The Morgan fingerprint density at radius 3 is 2.67 bits per heavy atom. The number of rotatable bonds is 10. The third kappa shape index (κ3) is 6.09. The lowest BCUT2D eigenvalue weighted by atomic mass is 10.2. The Labute approximate surface area is 162 Å². The highest BCUT2D eigenvalue weighted by Gasteiger charge is 2.13. The van der Waals surface area contributed by atoms with Gasteiger partial charge in [0, 0.05) is 13.6 Å². The fourth-order valence-corrected chi connectivity index (χ4v) is 3.46. The Bertz CT molecular complexity index is 850. The van der Waals surface area contributed by atoms with Gasteiger partial charge in [-0.1, -0.05) is 50.1 Å². The molecule has 0 saturated carbocycles. The molecule has 0 aliphatic carbocycles. The standard InChI is InChI=1S/C19H26N4O3S/c1-3-4-5-8-11-23-18(26)14-9-6-7-10-15(14)22-19(23)27-13-17(25)21-12-16(24)20-2/h6-7,9-10H,3-5,8,11-13H2,1-2H3,(H,20,24)(H,21,25). The Balaban J connectivity index is 2.16. The highest BCUT2D eigenvalue weighted by Crippen LogP contribution is 2.18. The van der Waals surface area contributed by atoms with Crippen molar-refractivity contribution in [3.05, 3.63) is 34.6 Å². The van der Waals surface area contributed by atoms with E-state index in [1.807, 2.05) is 12.1 Å². The van der Waals surface area contributed by atoms with Crippen LogP contribution in [0.4, 0.5) is 0 Å². The maximum Gasteiger partial charge on any atom is 0.262 e. The monoisotopic (exact) mass is 390 g/mol. The Hall–Kier alpha value is -2.35. The van der Waals surface area contributed by atoms with Gasteiger partial charge in [0.1, 0.15) is 0 Å². The van der Waals surface area contributed by atoms with Gasteiger partial charge in [-0.25, -0.2) is 4.98 Å². The molecule has 0 spiro atoms. The molecule has 0 fully saturated rings. The second-order valence-corrected chi connectivity index (χ2v) is 7.11. The minimum atomic E-state index is -0.274. The molecule has 2 N–H and O–H groups in total. The number of aromatic nitrogens is 2. The molecule has 0 aliphatic rings. The molecule has 0 unspecified atom stereocenters. The lowest BCUT2D eigenvalue weighted by Gasteiger charge is -2.13. The Morgan fingerprint density at radius 2 is 1.93 bits per heavy atom. The van der Waals surface area contributed by atoms with Gasteiger partial charge in [0.2, 0.25) is 11.8 Å². The number of likely N-dealkylation sites (N-methyl/N-ethyl adjacent to an activating group) is 1.